The van der Waals surface area contributed by atoms with Crippen LogP contribution in [0.25, 0.3) is 0 Å². The van der Waals surface area contributed by atoms with E-state index in [0.717, 1.165) is 30.6 Å². The van der Waals surface area contributed by atoms with Crippen LogP contribution in [0.3, 0.4) is 0 Å². The third-order valence-corrected chi connectivity index (χ3v) is 3.95. The number of aliphatic hydroxyl groups excluding tert-OH is 1. The first-order valence-corrected chi connectivity index (χ1v) is 7.36. The number of hydrogen-bond donors (Lipinski definition) is 3. The predicted molar refractivity (Wildman–Crippen MR) is 79.6 cm³/mol. The van der Waals surface area contributed by atoms with Gasteiger partial charge in [-0.25, -0.2) is 0 Å². The van der Waals surface area contributed by atoms with Crippen LogP contribution in [0.5, 0.6) is 0 Å². The van der Waals surface area contributed by atoms with Crippen LogP contribution in [0.15, 0.2) is 18.2 Å². The lowest BCUT2D eigenvalue weighted by Gasteiger charge is -2.24. The molecule has 0 spiro atoms. The molecule has 0 fully saturated rings. The Morgan fingerprint density at radius 3 is 2.95 bits per heavy atom. The zero-order valence-corrected chi connectivity index (χ0v) is 12.3. The van der Waals surface area contributed by atoms with E-state index in [4.69, 9.17) is 5.11 Å². The van der Waals surface area contributed by atoms with Crippen molar-refractivity contribution in [2.24, 2.45) is 5.92 Å². The van der Waals surface area contributed by atoms with Crippen molar-refractivity contribution in [1.82, 2.24) is 10.6 Å². The first-order chi connectivity index (χ1) is 9.63. The zero-order valence-electron chi connectivity index (χ0n) is 12.3. The molecule has 4 heteroatoms. The van der Waals surface area contributed by atoms with Gasteiger partial charge < -0.3 is 15.7 Å². The van der Waals surface area contributed by atoms with Crippen molar-refractivity contribution in [3.63, 3.8) is 0 Å². The summed E-state index contributed by atoms with van der Waals surface area (Å²) in [6.07, 6.45) is 1.49. The Morgan fingerprint density at radius 2 is 2.25 bits per heavy atom. The summed E-state index contributed by atoms with van der Waals surface area (Å²) in [7, 11) is 0. The van der Waals surface area contributed by atoms with Gasteiger partial charge in [-0.1, -0.05) is 26.0 Å². The number of aliphatic hydroxyl groups is 1. The molecule has 1 heterocycles. The molecule has 1 aliphatic heterocycles. The van der Waals surface area contributed by atoms with Gasteiger partial charge in [0.15, 0.2) is 0 Å². The van der Waals surface area contributed by atoms with Crippen molar-refractivity contribution in [1.29, 1.82) is 0 Å². The molecule has 3 N–H and O–H groups in total. The second kappa shape index (κ2) is 6.86. The molecule has 4 nitrogen and oxygen atoms in total. The van der Waals surface area contributed by atoms with Crippen molar-refractivity contribution in [2.75, 3.05) is 13.2 Å². The van der Waals surface area contributed by atoms with E-state index in [9.17, 15) is 4.79 Å². The highest BCUT2D eigenvalue weighted by molar-refractivity contribution is 5.96. The zero-order chi connectivity index (χ0) is 14.5. The fraction of sp³-hybridized carbons (Fsp3) is 0.562. The van der Waals surface area contributed by atoms with Gasteiger partial charge in [0.05, 0.1) is 0 Å². The van der Waals surface area contributed by atoms with Crippen LogP contribution in [0.2, 0.25) is 0 Å². The van der Waals surface area contributed by atoms with E-state index in [1.807, 2.05) is 12.1 Å². The molecule has 0 saturated heterocycles. The Morgan fingerprint density at radius 1 is 1.45 bits per heavy atom. The van der Waals surface area contributed by atoms with E-state index >= 15 is 0 Å². The molecule has 1 unspecified atom stereocenters. The average Bonchev–Trinajstić information content (AvgIpc) is 2.46. The molecule has 0 aromatic heterocycles. The van der Waals surface area contributed by atoms with Crippen molar-refractivity contribution >= 4 is 5.91 Å². The molecule has 1 atom stereocenters. The molecule has 110 valence electrons. The average molecular weight is 276 g/mol. The third-order valence-electron chi connectivity index (χ3n) is 3.95. The Hall–Kier alpha value is -1.39. The lowest BCUT2D eigenvalue weighted by molar-refractivity contribution is 0.0915. The summed E-state index contributed by atoms with van der Waals surface area (Å²) in [5.74, 6) is 0.295. The first-order valence-electron chi connectivity index (χ1n) is 7.36. The number of fused-ring (bicyclic) bond motifs is 1. The maximum absolute atomic E-state index is 12.5. The summed E-state index contributed by atoms with van der Waals surface area (Å²) in [6, 6.07) is 5.93. The molecule has 1 aromatic carbocycles. The molecule has 0 radical (unpaired) electrons. The number of benzene rings is 1. The van der Waals surface area contributed by atoms with E-state index < -0.39 is 0 Å². The molecule has 1 aliphatic rings. The highest BCUT2D eigenvalue weighted by Gasteiger charge is 2.21. The first kappa shape index (κ1) is 15.0. The third kappa shape index (κ3) is 3.38. The summed E-state index contributed by atoms with van der Waals surface area (Å²) in [4.78, 5) is 12.5. The SMILES string of the molecule is CC(C)C(CCO)NC(=O)c1cccc2c1CCNC2. The van der Waals surface area contributed by atoms with Gasteiger partial charge in [0.2, 0.25) is 0 Å². The van der Waals surface area contributed by atoms with Crippen molar-refractivity contribution in [3.8, 4) is 0 Å². The van der Waals surface area contributed by atoms with Gasteiger partial charge in [-0.05, 0) is 42.5 Å². The van der Waals surface area contributed by atoms with Gasteiger partial charge in [0, 0.05) is 24.8 Å². The summed E-state index contributed by atoms with van der Waals surface area (Å²) in [6.45, 7) is 5.97. The van der Waals surface area contributed by atoms with E-state index in [-0.39, 0.29) is 18.6 Å². The molecular formula is C16H24N2O2. The number of carbonyl (C=O) groups excluding carboxylic acids is 1. The molecular weight excluding hydrogens is 252 g/mol. The van der Waals surface area contributed by atoms with Gasteiger partial charge in [0.1, 0.15) is 0 Å². The van der Waals surface area contributed by atoms with Gasteiger partial charge in [-0.15, -0.1) is 0 Å². The fourth-order valence-electron chi connectivity index (χ4n) is 2.70. The van der Waals surface area contributed by atoms with Gasteiger partial charge >= 0.3 is 0 Å². The topological polar surface area (TPSA) is 61.4 Å². The van der Waals surface area contributed by atoms with E-state index in [0.29, 0.717) is 12.3 Å². The van der Waals surface area contributed by atoms with Gasteiger partial charge in [-0.2, -0.15) is 0 Å². The number of rotatable bonds is 5. The molecule has 1 amide bonds. The summed E-state index contributed by atoms with van der Waals surface area (Å²) in [5, 5.41) is 15.5. The number of nitrogens with one attached hydrogen (secondary N) is 2. The van der Waals surface area contributed by atoms with Crippen molar-refractivity contribution < 1.29 is 9.90 Å². The largest absolute Gasteiger partial charge is 0.396 e. The Kier molecular flexibility index (Phi) is 5.15. The Labute approximate surface area is 120 Å². The summed E-state index contributed by atoms with van der Waals surface area (Å²) in [5.41, 5.74) is 3.16. The molecule has 20 heavy (non-hydrogen) atoms. The maximum Gasteiger partial charge on any atom is 0.251 e. The molecule has 0 saturated carbocycles. The Bertz CT molecular complexity index is 472. The van der Waals surface area contributed by atoms with Crippen LogP contribution >= 0.6 is 0 Å². The lowest BCUT2D eigenvalue weighted by Crippen LogP contribution is -2.40. The highest BCUT2D eigenvalue weighted by Crippen LogP contribution is 2.19. The molecule has 0 aliphatic carbocycles. The molecule has 2 rings (SSSR count). The van der Waals surface area contributed by atoms with Crippen LogP contribution in [0.4, 0.5) is 0 Å². The van der Waals surface area contributed by atoms with Crippen molar-refractivity contribution in [3.05, 3.63) is 34.9 Å². The van der Waals surface area contributed by atoms with Gasteiger partial charge in [-0.3, -0.25) is 4.79 Å². The van der Waals surface area contributed by atoms with Gasteiger partial charge in [0.25, 0.3) is 5.91 Å². The van der Waals surface area contributed by atoms with Crippen molar-refractivity contribution in [2.45, 2.75) is 39.3 Å². The van der Waals surface area contributed by atoms with Crippen LogP contribution < -0.4 is 10.6 Å². The Balaban J connectivity index is 2.16. The minimum Gasteiger partial charge on any atom is -0.396 e. The summed E-state index contributed by atoms with van der Waals surface area (Å²) >= 11 is 0. The van der Waals surface area contributed by atoms with Crippen LogP contribution in [-0.2, 0) is 13.0 Å². The maximum atomic E-state index is 12.5. The standard InChI is InChI=1S/C16H24N2O2/c1-11(2)15(7-9-19)18-16(20)14-5-3-4-12-10-17-8-6-13(12)14/h3-5,11,15,17,19H,6-10H2,1-2H3,(H,18,20). The quantitative estimate of drug-likeness (QED) is 0.763. The predicted octanol–water partition coefficient (Wildman–Crippen LogP) is 1.47. The molecule has 0 bridgehead atoms. The van der Waals surface area contributed by atoms with Crippen LogP contribution in [0, 0.1) is 5.92 Å². The highest BCUT2D eigenvalue weighted by atomic mass is 16.3. The minimum atomic E-state index is -0.0177. The van der Waals surface area contributed by atoms with E-state index in [1.54, 1.807) is 0 Å². The second-order valence-corrected chi connectivity index (χ2v) is 5.71. The second-order valence-electron chi connectivity index (χ2n) is 5.71. The number of amides is 1. The molecule has 1 aromatic rings. The lowest BCUT2D eigenvalue weighted by atomic mass is 9.94. The van der Waals surface area contributed by atoms with E-state index in [1.165, 1.54) is 5.56 Å². The number of hydrogen-bond acceptors (Lipinski definition) is 3. The number of carbonyl (C=O) groups is 1. The normalized spacial score (nSPS) is 15.8. The van der Waals surface area contributed by atoms with Crippen LogP contribution in [0.1, 0.15) is 41.8 Å². The smallest absolute Gasteiger partial charge is 0.251 e. The van der Waals surface area contributed by atoms with Crippen LogP contribution in [-0.4, -0.2) is 30.2 Å². The summed E-state index contributed by atoms with van der Waals surface area (Å²) < 4.78 is 0. The minimum absolute atomic E-state index is 0.0177. The monoisotopic (exact) mass is 276 g/mol. The van der Waals surface area contributed by atoms with E-state index in [2.05, 4.69) is 30.5 Å². The fourth-order valence-corrected chi connectivity index (χ4v) is 2.70.